The molecule has 0 aliphatic rings. The quantitative estimate of drug-likeness (QED) is 0.519. The lowest BCUT2D eigenvalue weighted by Crippen LogP contribution is -2.03. The van der Waals surface area contributed by atoms with Gasteiger partial charge in [-0.2, -0.15) is 13.6 Å². The van der Waals surface area contributed by atoms with Crippen molar-refractivity contribution in [2.45, 2.75) is 5.75 Å². The first-order valence-corrected chi connectivity index (χ1v) is 3.86. The number of hydrogen-bond acceptors (Lipinski definition) is 5. The molecule has 0 atom stereocenters. The van der Waals surface area contributed by atoms with Gasteiger partial charge in [-0.25, -0.2) is 0 Å². The van der Waals surface area contributed by atoms with Crippen molar-refractivity contribution in [2.75, 3.05) is 0 Å². The van der Waals surface area contributed by atoms with Gasteiger partial charge >= 0.3 is 0 Å². The van der Waals surface area contributed by atoms with Crippen molar-refractivity contribution in [2.24, 2.45) is 0 Å². The number of nitrogens with zero attached hydrogens (tertiary/aromatic N) is 3. The standard InChI is InChI=1S/C2H4N4O3S/c7-10(8,9)1-2-3-5-6-4-2/h1H2,(H,7,8,9)(H,3,4,5,6). The molecule has 0 saturated heterocycles. The average Bonchev–Trinajstić information content (AvgIpc) is 2.12. The van der Waals surface area contributed by atoms with Crippen molar-refractivity contribution in [3.63, 3.8) is 0 Å². The minimum Gasteiger partial charge on any atom is -0.285 e. The lowest BCUT2D eigenvalue weighted by molar-refractivity contribution is 0.480. The second-order valence-electron chi connectivity index (χ2n) is 1.55. The summed E-state index contributed by atoms with van der Waals surface area (Å²) in [6, 6.07) is 0. The van der Waals surface area contributed by atoms with Gasteiger partial charge in [0.05, 0.1) is 0 Å². The van der Waals surface area contributed by atoms with Crippen LogP contribution >= 0.6 is 0 Å². The van der Waals surface area contributed by atoms with Crippen molar-refractivity contribution in [1.82, 2.24) is 20.6 Å². The zero-order valence-electron chi connectivity index (χ0n) is 4.72. The van der Waals surface area contributed by atoms with Crippen LogP contribution in [-0.2, 0) is 15.9 Å². The molecule has 0 saturated carbocycles. The summed E-state index contributed by atoms with van der Waals surface area (Å²) in [4.78, 5) is 0. The van der Waals surface area contributed by atoms with Crippen LogP contribution < -0.4 is 0 Å². The molecule has 56 valence electrons. The molecule has 8 heteroatoms. The molecule has 7 nitrogen and oxygen atoms in total. The maximum Gasteiger partial charge on any atom is 0.272 e. The first-order chi connectivity index (χ1) is 4.58. The first-order valence-electron chi connectivity index (χ1n) is 2.25. The Bertz CT molecular complexity index is 288. The fourth-order valence-corrected chi connectivity index (χ4v) is 0.855. The Kier molecular flexibility index (Phi) is 1.64. The molecule has 0 aromatic carbocycles. The highest BCUT2D eigenvalue weighted by atomic mass is 32.2. The van der Waals surface area contributed by atoms with Crippen molar-refractivity contribution in [1.29, 1.82) is 0 Å². The molecule has 10 heavy (non-hydrogen) atoms. The van der Waals surface area contributed by atoms with Crippen LogP contribution in [-0.4, -0.2) is 33.6 Å². The molecule has 0 unspecified atom stereocenters. The van der Waals surface area contributed by atoms with Gasteiger partial charge in [-0.05, 0) is 0 Å². The predicted octanol–water partition coefficient (Wildman–Crippen LogP) is -1.41. The van der Waals surface area contributed by atoms with E-state index >= 15 is 0 Å². The summed E-state index contributed by atoms with van der Waals surface area (Å²) in [5.41, 5.74) is 0. The number of hydrogen-bond donors (Lipinski definition) is 2. The third kappa shape index (κ3) is 2.07. The topological polar surface area (TPSA) is 109 Å². The van der Waals surface area contributed by atoms with Crippen LogP contribution in [0.5, 0.6) is 0 Å². The average molecular weight is 164 g/mol. The Morgan fingerprint density at radius 1 is 1.60 bits per heavy atom. The van der Waals surface area contributed by atoms with Gasteiger partial charge in [0.2, 0.25) is 0 Å². The van der Waals surface area contributed by atoms with E-state index in [1.54, 1.807) is 0 Å². The second kappa shape index (κ2) is 2.31. The van der Waals surface area contributed by atoms with E-state index in [2.05, 4.69) is 20.6 Å². The molecule has 1 aromatic heterocycles. The zero-order chi connectivity index (χ0) is 7.61. The fourth-order valence-electron chi connectivity index (χ4n) is 0.407. The second-order valence-corrected chi connectivity index (χ2v) is 3.01. The van der Waals surface area contributed by atoms with Crippen LogP contribution in [0.3, 0.4) is 0 Å². The Hall–Kier alpha value is -1.02. The number of rotatable bonds is 2. The molecule has 0 radical (unpaired) electrons. The number of H-pyrrole nitrogens is 1. The lowest BCUT2D eigenvalue weighted by Gasteiger charge is -1.86. The number of tetrazole rings is 1. The fraction of sp³-hybridized carbons (Fsp3) is 0.500. The van der Waals surface area contributed by atoms with Gasteiger partial charge in [-0.1, -0.05) is 5.21 Å². The number of aromatic nitrogens is 4. The van der Waals surface area contributed by atoms with Crippen LogP contribution in [0.25, 0.3) is 0 Å². The predicted molar refractivity (Wildman–Crippen MR) is 29.4 cm³/mol. The maximum atomic E-state index is 10.1. The Morgan fingerprint density at radius 2 is 2.30 bits per heavy atom. The molecule has 1 heterocycles. The smallest absolute Gasteiger partial charge is 0.272 e. The zero-order valence-corrected chi connectivity index (χ0v) is 5.54. The van der Waals surface area contributed by atoms with Crippen LogP contribution in [0.2, 0.25) is 0 Å². The van der Waals surface area contributed by atoms with Crippen LogP contribution in [0, 0.1) is 0 Å². The highest BCUT2D eigenvalue weighted by molar-refractivity contribution is 7.84. The Labute approximate surface area is 56.2 Å². The molecule has 0 aliphatic carbocycles. The molecule has 0 aliphatic heterocycles. The molecule has 0 spiro atoms. The molecule has 0 fully saturated rings. The van der Waals surface area contributed by atoms with Crippen LogP contribution in [0.1, 0.15) is 5.82 Å². The van der Waals surface area contributed by atoms with E-state index in [-0.39, 0.29) is 5.82 Å². The van der Waals surface area contributed by atoms with E-state index in [0.717, 1.165) is 0 Å². The maximum absolute atomic E-state index is 10.1. The van der Waals surface area contributed by atoms with Gasteiger partial charge < -0.3 is 0 Å². The van der Waals surface area contributed by atoms with Gasteiger partial charge in [0.15, 0.2) is 5.82 Å². The number of aromatic amines is 1. The van der Waals surface area contributed by atoms with Crippen LogP contribution in [0.4, 0.5) is 0 Å². The third-order valence-electron chi connectivity index (χ3n) is 0.701. The summed E-state index contributed by atoms with van der Waals surface area (Å²) < 4.78 is 28.5. The van der Waals surface area contributed by atoms with Crippen molar-refractivity contribution in [3.8, 4) is 0 Å². The van der Waals surface area contributed by atoms with Gasteiger partial charge in [0.25, 0.3) is 10.1 Å². The minimum absolute atomic E-state index is 0.0532. The number of nitrogens with one attached hydrogen (secondary N) is 1. The van der Waals surface area contributed by atoms with E-state index in [1.165, 1.54) is 0 Å². The molecule has 1 rings (SSSR count). The van der Waals surface area contributed by atoms with Crippen molar-refractivity contribution >= 4 is 10.1 Å². The van der Waals surface area contributed by atoms with E-state index in [9.17, 15) is 8.42 Å². The summed E-state index contributed by atoms with van der Waals surface area (Å²) >= 11 is 0. The van der Waals surface area contributed by atoms with Gasteiger partial charge in [0.1, 0.15) is 5.75 Å². The normalized spacial score (nSPS) is 11.7. The summed E-state index contributed by atoms with van der Waals surface area (Å²) in [5, 5.41) is 11.8. The van der Waals surface area contributed by atoms with Crippen molar-refractivity contribution < 1.29 is 13.0 Å². The molecule has 0 bridgehead atoms. The van der Waals surface area contributed by atoms with Gasteiger partial charge in [0, 0.05) is 0 Å². The van der Waals surface area contributed by atoms with E-state index in [0.29, 0.717) is 0 Å². The molecular weight excluding hydrogens is 160 g/mol. The molecule has 1 aromatic rings. The van der Waals surface area contributed by atoms with E-state index in [1.807, 2.05) is 0 Å². The van der Waals surface area contributed by atoms with E-state index < -0.39 is 15.9 Å². The molecular formula is C2H4N4O3S. The largest absolute Gasteiger partial charge is 0.285 e. The lowest BCUT2D eigenvalue weighted by atomic mass is 10.8. The van der Waals surface area contributed by atoms with Gasteiger partial charge in [-0.15, -0.1) is 10.2 Å². The third-order valence-corrected chi connectivity index (χ3v) is 1.32. The Balaban J connectivity index is 2.75. The summed E-state index contributed by atoms with van der Waals surface area (Å²) in [6.07, 6.45) is 0. The summed E-state index contributed by atoms with van der Waals surface area (Å²) in [7, 11) is -4.03. The first kappa shape index (κ1) is 7.09. The van der Waals surface area contributed by atoms with Crippen molar-refractivity contribution in [3.05, 3.63) is 5.82 Å². The van der Waals surface area contributed by atoms with Gasteiger partial charge in [-0.3, -0.25) is 4.55 Å². The summed E-state index contributed by atoms with van der Waals surface area (Å²) in [5.74, 6) is -0.661. The molecule has 2 N–H and O–H groups in total. The highest BCUT2D eigenvalue weighted by Gasteiger charge is 2.09. The summed E-state index contributed by atoms with van der Waals surface area (Å²) in [6.45, 7) is 0. The Morgan fingerprint density at radius 3 is 2.70 bits per heavy atom. The van der Waals surface area contributed by atoms with Crippen LogP contribution in [0.15, 0.2) is 0 Å². The monoisotopic (exact) mass is 164 g/mol. The SMILES string of the molecule is O=S(=O)(O)Cc1nn[nH]n1. The minimum atomic E-state index is -4.03. The molecule has 0 amide bonds. The highest BCUT2D eigenvalue weighted by Crippen LogP contribution is 1.92. The van der Waals surface area contributed by atoms with E-state index in [4.69, 9.17) is 4.55 Å².